The van der Waals surface area contributed by atoms with E-state index in [0.717, 1.165) is 18.2 Å². The Kier molecular flexibility index (Phi) is 4.76. The monoisotopic (exact) mass is 277 g/mol. The van der Waals surface area contributed by atoms with E-state index in [-0.39, 0.29) is 11.3 Å². The normalized spacial score (nSPS) is 13.2. The molecular formula is C10H12FNO5S. The molecular weight excluding hydrogens is 265 g/mol. The standard InChI is InChI=1S/C10H12FNO5S/c11-7-2-1-3-8(6-7)18(16,17)12-9(4-5-13)10(14)15/h1-3,6,9,12-13H,4-5H2,(H,14,15). The van der Waals surface area contributed by atoms with Crippen LogP contribution in [0.1, 0.15) is 6.42 Å². The van der Waals surface area contributed by atoms with E-state index in [1.807, 2.05) is 4.72 Å². The van der Waals surface area contributed by atoms with Gasteiger partial charge in [-0.05, 0) is 24.6 Å². The minimum absolute atomic E-state index is 0.274. The van der Waals surface area contributed by atoms with Crippen LogP contribution in [-0.4, -0.2) is 37.2 Å². The van der Waals surface area contributed by atoms with Crippen molar-refractivity contribution < 1.29 is 27.8 Å². The minimum Gasteiger partial charge on any atom is -0.480 e. The maximum atomic E-state index is 12.9. The molecule has 0 saturated heterocycles. The molecule has 0 aliphatic heterocycles. The lowest BCUT2D eigenvalue weighted by Gasteiger charge is -2.13. The maximum absolute atomic E-state index is 12.9. The van der Waals surface area contributed by atoms with Gasteiger partial charge in [-0.3, -0.25) is 4.79 Å². The summed E-state index contributed by atoms with van der Waals surface area (Å²) in [6.45, 7) is -0.483. The highest BCUT2D eigenvalue weighted by molar-refractivity contribution is 7.89. The van der Waals surface area contributed by atoms with Crippen LogP contribution in [0.25, 0.3) is 0 Å². The van der Waals surface area contributed by atoms with Crippen molar-refractivity contribution in [1.82, 2.24) is 4.72 Å². The lowest BCUT2D eigenvalue weighted by atomic mass is 10.2. The van der Waals surface area contributed by atoms with Crippen LogP contribution in [0, 0.1) is 5.82 Å². The average molecular weight is 277 g/mol. The van der Waals surface area contributed by atoms with Gasteiger partial charge in [0.1, 0.15) is 11.9 Å². The molecule has 1 rings (SSSR count). The molecule has 0 radical (unpaired) electrons. The van der Waals surface area contributed by atoms with Crippen molar-refractivity contribution in [2.75, 3.05) is 6.61 Å². The number of carbonyl (C=O) groups is 1. The largest absolute Gasteiger partial charge is 0.480 e. The van der Waals surface area contributed by atoms with Crippen LogP contribution < -0.4 is 4.72 Å². The number of hydrogen-bond donors (Lipinski definition) is 3. The van der Waals surface area contributed by atoms with Gasteiger partial charge in [-0.15, -0.1) is 0 Å². The van der Waals surface area contributed by atoms with E-state index in [1.54, 1.807) is 0 Å². The lowest BCUT2D eigenvalue weighted by molar-refractivity contribution is -0.139. The number of aliphatic carboxylic acids is 1. The van der Waals surface area contributed by atoms with E-state index in [9.17, 15) is 17.6 Å². The number of carboxylic acids is 1. The van der Waals surface area contributed by atoms with Crippen molar-refractivity contribution >= 4 is 16.0 Å². The van der Waals surface area contributed by atoms with Gasteiger partial charge in [0.2, 0.25) is 10.0 Å². The molecule has 8 heteroatoms. The number of rotatable bonds is 6. The van der Waals surface area contributed by atoms with Crippen molar-refractivity contribution in [2.45, 2.75) is 17.4 Å². The first-order chi connectivity index (χ1) is 8.36. The summed E-state index contributed by atoms with van der Waals surface area (Å²) in [4.78, 5) is 10.4. The van der Waals surface area contributed by atoms with Crippen LogP contribution >= 0.6 is 0 Å². The molecule has 1 unspecified atom stereocenters. The molecule has 0 spiro atoms. The van der Waals surface area contributed by atoms with E-state index >= 15 is 0 Å². The summed E-state index contributed by atoms with van der Waals surface area (Å²) in [7, 11) is -4.13. The van der Waals surface area contributed by atoms with Gasteiger partial charge in [-0.1, -0.05) is 6.07 Å². The third-order valence-corrected chi connectivity index (χ3v) is 3.59. The number of aliphatic hydroxyl groups excluding tert-OH is 1. The van der Waals surface area contributed by atoms with Gasteiger partial charge in [-0.2, -0.15) is 4.72 Å². The van der Waals surface area contributed by atoms with Crippen LogP contribution in [0.15, 0.2) is 29.2 Å². The molecule has 18 heavy (non-hydrogen) atoms. The van der Waals surface area contributed by atoms with Gasteiger partial charge < -0.3 is 10.2 Å². The van der Waals surface area contributed by atoms with Gasteiger partial charge in [-0.25, -0.2) is 12.8 Å². The van der Waals surface area contributed by atoms with Crippen molar-refractivity contribution in [2.24, 2.45) is 0 Å². The van der Waals surface area contributed by atoms with Gasteiger partial charge >= 0.3 is 5.97 Å². The molecule has 1 aromatic rings. The number of sulfonamides is 1. The Morgan fingerprint density at radius 2 is 2.11 bits per heavy atom. The first-order valence-electron chi connectivity index (χ1n) is 4.98. The zero-order valence-corrected chi connectivity index (χ0v) is 10.0. The van der Waals surface area contributed by atoms with Crippen LogP contribution in [0.5, 0.6) is 0 Å². The number of benzene rings is 1. The highest BCUT2D eigenvalue weighted by Crippen LogP contribution is 2.11. The maximum Gasteiger partial charge on any atom is 0.321 e. The molecule has 0 aliphatic rings. The highest BCUT2D eigenvalue weighted by Gasteiger charge is 2.25. The summed E-state index contributed by atoms with van der Waals surface area (Å²) >= 11 is 0. The van der Waals surface area contributed by atoms with Gasteiger partial charge in [0, 0.05) is 6.61 Å². The number of aliphatic hydroxyl groups is 1. The predicted molar refractivity (Wildman–Crippen MR) is 59.8 cm³/mol. The molecule has 0 fully saturated rings. The van der Waals surface area contributed by atoms with Crippen molar-refractivity contribution in [3.8, 4) is 0 Å². The van der Waals surface area contributed by atoms with E-state index in [0.29, 0.717) is 0 Å². The summed E-state index contributed by atoms with van der Waals surface area (Å²) in [6.07, 6.45) is -0.274. The van der Waals surface area contributed by atoms with Gasteiger partial charge in [0.05, 0.1) is 4.90 Å². The van der Waals surface area contributed by atoms with Crippen LogP contribution in [0.3, 0.4) is 0 Å². The minimum atomic E-state index is -4.13. The topological polar surface area (TPSA) is 104 Å². The van der Waals surface area contributed by atoms with Crippen LogP contribution in [0.2, 0.25) is 0 Å². The van der Waals surface area contributed by atoms with Crippen molar-refractivity contribution in [3.05, 3.63) is 30.1 Å². The van der Waals surface area contributed by atoms with E-state index in [1.165, 1.54) is 6.07 Å². The number of hydrogen-bond acceptors (Lipinski definition) is 4. The number of halogens is 1. The van der Waals surface area contributed by atoms with Gasteiger partial charge in [0.25, 0.3) is 0 Å². The predicted octanol–water partition coefficient (Wildman–Crippen LogP) is -0.0604. The van der Waals surface area contributed by atoms with E-state index in [2.05, 4.69) is 0 Å². The first kappa shape index (κ1) is 14.6. The van der Waals surface area contributed by atoms with Crippen molar-refractivity contribution in [3.63, 3.8) is 0 Å². The second-order valence-electron chi connectivity index (χ2n) is 3.48. The molecule has 0 aromatic heterocycles. The third kappa shape index (κ3) is 3.76. The Bertz CT molecular complexity index is 531. The summed E-state index contributed by atoms with van der Waals surface area (Å²) in [5, 5.41) is 17.4. The Balaban J connectivity index is 2.97. The van der Waals surface area contributed by atoms with Crippen LogP contribution in [-0.2, 0) is 14.8 Å². The molecule has 0 aliphatic carbocycles. The average Bonchev–Trinajstić information content (AvgIpc) is 2.28. The zero-order valence-electron chi connectivity index (χ0n) is 9.21. The molecule has 1 aromatic carbocycles. The molecule has 3 N–H and O–H groups in total. The Morgan fingerprint density at radius 1 is 1.44 bits per heavy atom. The molecule has 6 nitrogen and oxygen atoms in total. The van der Waals surface area contributed by atoms with Gasteiger partial charge in [0.15, 0.2) is 0 Å². The number of nitrogens with one attached hydrogen (secondary N) is 1. The SMILES string of the molecule is O=C(O)C(CCO)NS(=O)(=O)c1cccc(F)c1. The Hall–Kier alpha value is -1.51. The molecule has 0 saturated carbocycles. The highest BCUT2D eigenvalue weighted by atomic mass is 32.2. The molecule has 0 heterocycles. The lowest BCUT2D eigenvalue weighted by Crippen LogP contribution is -2.41. The summed E-state index contributed by atoms with van der Waals surface area (Å²) in [5.74, 6) is -2.16. The van der Waals surface area contributed by atoms with E-state index < -0.39 is 34.5 Å². The van der Waals surface area contributed by atoms with E-state index in [4.69, 9.17) is 10.2 Å². The first-order valence-corrected chi connectivity index (χ1v) is 6.46. The Labute approximate surface area is 103 Å². The zero-order chi connectivity index (χ0) is 13.8. The van der Waals surface area contributed by atoms with Crippen molar-refractivity contribution in [1.29, 1.82) is 0 Å². The number of carboxylic acid groups (broad SMARTS) is 1. The van der Waals surface area contributed by atoms with Crippen LogP contribution in [0.4, 0.5) is 4.39 Å². The molecule has 1 atom stereocenters. The Morgan fingerprint density at radius 3 is 2.61 bits per heavy atom. The summed E-state index contributed by atoms with van der Waals surface area (Å²) in [6, 6.07) is 2.74. The second-order valence-corrected chi connectivity index (χ2v) is 5.20. The molecule has 0 bridgehead atoms. The fourth-order valence-corrected chi connectivity index (χ4v) is 2.51. The molecule has 100 valence electrons. The second kappa shape index (κ2) is 5.89. The fraction of sp³-hybridized carbons (Fsp3) is 0.300. The fourth-order valence-electron chi connectivity index (χ4n) is 1.25. The summed E-state index contributed by atoms with van der Waals surface area (Å²) in [5.41, 5.74) is 0. The molecule has 0 amide bonds. The quantitative estimate of drug-likeness (QED) is 0.676. The summed E-state index contributed by atoms with van der Waals surface area (Å²) < 4.78 is 38.3. The smallest absolute Gasteiger partial charge is 0.321 e. The third-order valence-electron chi connectivity index (χ3n) is 2.12.